The van der Waals surface area contributed by atoms with Crippen molar-refractivity contribution >= 4 is 22.9 Å². The molecule has 1 atom stereocenters. The van der Waals surface area contributed by atoms with E-state index in [2.05, 4.69) is 41.2 Å². The number of aromatic nitrogens is 1. The van der Waals surface area contributed by atoms with Gasteiger partial charge in [-0.3, -0.25) is 9.78 Å². The zero-order valence-corrected chi connectivity index (χ0v) is 15.2. The van der Waals surface area contributed by atoms with Gasteiger partial charge < -0.3 is 14.5 Å². The molecule has 0 saturated carbocycles. The molecular formula is C19H23N3O2S. The Balaban J connectivity index is 1.37. The van der Waals surface area contributed by atoms with Crippen molar-refractivity contribution < 1.29 is 9.53 Å². The molecule has 1 amide bonds. The van der Waals surface area contributed by atoms with Gasteiger partial charge in [-0.2, -0.15) is 0 Å². The van der Waals surface area contributed by atoms with Gasteiger partial charge in [0.15, 0.2) is 0 Å². The number of hydrogen-bond acceptors (Lipinski definition) is 5. The van der Waals surface area contributed by atoms with Crippen molar-refractivity contribution in [1.82, 2.24) is 9.88 Å². The van der Waals surface area contributed by atoms with Crippen LogP contribution < -0.4 is 4.90 Å². The van der Waals surface area contributed by atoms with E-state index in [0.29, 0.717) is 6.04 Å². The second-order valence-corrected chi connectivity index (χ2v) is 7.84. The van der Waals surface area contributed by atoms with Gasteiger partial charge in [0.25, 0.3) is 5.91 Å². The van der Waals surface area contributed by atoms with Gasteiger partial charge >= 0.3 is 0 Å². The zero-order chi connectivity index (χ0) is 17.3. The highest BCUT2D eigenvalue weighted by molar-refractivity contribution is 7.11. The molecule has 2 saturated heterocycles. The van der Waals surface area contributed by atoms with Crippen LogP contribution in [0.5, 0.6) is 0 Å². The molecule has 1 aromatic heterocycles. The Hall–Kier alpha value is -1.92. The largest absolute Gasteiger partial charge is 0.373 e. The molecule has 4 rings (SSSR count). The maximum absolute atomic E-state index is 12.5. The maximum atomic E-state index is 12.5. The molecule has 3 heterocycles. The van der Waals surface area contributed by atoms with Crippen LogP contribution in [0.2, 0.25) is 0 Å². The Morgan fingerprint density at radius 2 is 2.08 bits per heavy atom. The summed E-state index contributed by atoms with van der Waals surface area (Å²) in [6.07, 6.45) is 4.52. The highest BCUT2D eigenvalue weighted by Gasteiger charge is 2.44. The molecule has 5 nitrogen and oxygen atoms in total. The Morgan fingerprint density at radius 1 is 1.32 bits per heavy atom. The van der Waals surface area contributed by atoms with Gasteiger partial charge in [0.1, 0.15) is 4.88 Å². The monoisotopic (exact) mass is 357 g/mol. The number of anilines is 1. The van der Waals surface area contributed by atoms with Crippen molar-refractivity contribution in [3.63, 3.8) is 0 Å². The molecule has 0 aliphatic carbocycles. The minimum atomic E-state index is -0.0712. The van der Waals surface area contributed by atoms with Crippen molar-refractivity contribution in [2.24, 2.45) is 0 Å². The van der Waals surface area contributed by atoms with E-state index < -0.39 is 0 Å². The van der Waals surface area contributed by atoms with E-state index in [1.165, 1.54) is 17.0 Å². The van der Waals surface area contributed by atoms with Gasteiger partial charge in [0, 0.05) is 25.8 Å². The molecule has 0 radical (unpaired) electrons. The van der Waals surface area contributed by atoms with Crippen molar-refractivity contribution in [1.29, 1.82) is 0 Å². The Bertz CT molecular complexity index is 712. The van der Waals surface area contributed by atoms with Crippen LogP contribution in [0.4, 0.5) is 5.69 Å². The van der Waals surface area contributed by atoms with Gasteiger partial charge in [-0.1, -0.05) is 18.2 Å². The molecule has 2 aliphatic rings. The number of likely N-dealkylation sites (tertiary alicyclic amines) is 1. The van der Waals surface area contributed by atoms with E-state index >= 15 is 0 Å². The fraction of sp³-hybridized carbons (Fsp3) is 0.474. The molecule has 0 unspecified atom stereocenters. The van der Waals surface area contributed by atoms with E-state index in [0.717, 1.165) is 43.8 Å². The summed E-state index contributed by atoms with van der Waals surface area (Å²) in [6, 6.07) is 10.9. The van der Waals surface area contributed by atoms with Gasteiger partial charge in [-0.15, -0.1) is 11.3 Å². The molecule has 6 heteroatoms. The highest BCUT2D eigenvalue weighted by atomic mass is 32.1. The summed E-state index contributed by atoms with van der Waals surface area (Å²) in [4.78, 5) is 21.5. The van der Waals surface area contributed by atoms with Crippen LogP contribution >= 0.6 is 11.3 Å². The van der Waals surface area contributed by atoms with E-state index in [1.807, 2.05) is 11.0 Å². The van der Waals surface area contributed by atoms with Crippen molar-refractivity contribution in [3.8, 4) is 0 Å². The smallest absolute Gasteiger partial charge is 0.265 e. The summed E-state index contributed by atoms with van der Waals surface area (Å²) >= 11 is 1.41. The lowest BCUT2D eigenvalue weighted by Gasteiger charge is -2.38. The Kier molecular flexibility index (Phi) is 4.48. The number of carbonyl (C=O) groups excluding carboxylic acids is 1. The standard InChI is InChI=1S/C19H23N3O2S/c1-21(15-5-3-2-4-6-15)16-11-19(24-13-16)7-9-22(10-8-19)18(23)17-12-20-14-25-17/h2-6,12,14,16H,7-11,13H2,1H3/t16-/m1/s1. The number of carbonyl (C=O) groups is 1. The number of piperidine rings is 1. The van der Waals surface area contributed by atoms with Crippen LogP contribution in [0.25, 0.3) is 0 Å². The minimum absolute atomic E-state index is 0.0712. The first kappa shape index (κ1) is 16.5. The molecule has 2 aliphatic heterocycles. The SMILES string of the molecule is CN(c1ccccc1)[C@H]1COC2(CCN(C(=O)c3cncs3)CC2)C1. The third-order valence-electron chi connectivity index (χ3n) is 5.51. The summed E-state index contributed by atoms with van der Waals surface area (Å²) in [5, 5.41) is 0. The normalized spacial score (nSPS) is 22.3. The molecule has 2 fully saturated rings. The summed E-state index contributed by atoms with van der Waals surface area (Å²) in [7, 11) is 2.14. The number of benzene rings is 1. The third kappa shape index (κ3) is 3.28. The molecule has 1 spiro atoms. The van der Waals surface area contributed by atoms with E-state index in [9.17, 15) is 4.79 Å². The number of likely N-dealkylation sites (N-methyl/N-ethyl adjacent to an activating group) is 1. The van der Waals surface area contributed by atoms with Crippen LogP contribution in [0.3, 0.4) is 0 Å². The predicted octanol–water partition coefficient (Wildman–Crippen LogP) is 3.04. The topological polar surface area (TPSA) is 45.7 Å². The number of amides is 1. The van der Waals surface area contributed by atoms with Crippen LogP contribution in [0.1, 0.15) is 28.9 Å². The first-order valence-corrected chi connectivity index (χ1v) is 9.64. The number of hydrogen-bond donors (Lipinski definition) is 0. The van der Waals surface area contributed by atoms with Gasteiger partial charge in [0.05, 0.1) is 30.0 Å². The number of ether oxygens (including phenoxy) is 1. The van der Waals surface area contributed by atoms with E-state index in [1.54, 1.807) is 11.7 Å². The molecular weight excluding hydrogens is 334 g/mol. The van der Waals surface area contributed by atoms with Crippen LogP contribution in [-0.4, -0.2) is 54.2 Å². The highest BCUT2D eigenvalue weighted by Crippen LogP contribution is 2.38. The predicted molar refractivity (Wildman–Crippen MR) is 99.2 cm³/mol. The molecule has 1 aromatic carbocycles. The minimum Gasteiger partial charge on any atom is -0.373 e. The van der Waals surface area contributed by atoms with Gasteiger partial charge in [-0.05, 0) is 31.4 Å². The number of rotatable bonds is 3. The second-order valence-electron chi connectivity index (χ2n) is 6.96. The average Bonchev–Trinajstić information content (AvgIpc) is 3.33. The summed E-state index contributed by atoms with van der Waals surface area (Å²) < 4.78 is 6.27. The fourth-order valence-electron chi connectivity index (χ4n) is 3.89. The van der Waals surface area contributed by atoms with Crippen molar-refractivity contribution in [3.05, 3.63) is 46.9 Å². The summed E-state index contributed by atoms with van der Waals surface area (Å²) in [6.45, 7) is 2.28. The van der Waals surface area contributed by atoms with Crippen LogP contribution in [-0.2, 0) is 4.74 Å². The molecule has 0 N–H and O–H groups in total. The lowest BCUT2D eigenvalue weighted by molar-refractivity contribution is -0.0387. The Morgan fingerprint density at radius 3 is 2.76 bits per heavy atom. The van der Waals surface area contributed by atoms with Crippen LogP contribution in [0, 0.1) is 0 Å². The maximum Gasteiger partial charge on any atom is 0.265 e. The fourth-order valence-corrected chi connectivity index (χ4v) is 4.47. The van der Waals surface area contributed by atoms with Gasteiger partial charge in [-0.25, -0.2) is 0 Å². The quantitative estimate of drug-likeness (QED) is 0.847. The second kappa shape index (κ2) is 6.77. The first-order chi connectivity index (χ1) is 12.2. The first-order valence-electron chi connectivity index (χ1n) is 8.76. The lowest BCUT2D eigenvalue weighted by Crippen LogP contribution is -2.46. The molecule has 132 valence electrons. The lowest BCUT2D eigenvalue weighted by atomic mass is 9.87. The van der Waals surface area contributed by atoms with Crippen LogP contribution in [0.15, 0.2) is 42.0 Å². The van der Waals surface area contributed by atoms with Gasteiger partial charge in [0.2, 0.25) is 0 Å². The van der Waals surface area contributed by atoms with E-state index in [4.69, 9.17) is 4.74 Å². The summed E-state index contributed by atoms with van der Waals surface area (Å²) in [5.41, 5.74) is 2.87. The number of para-hydroxylation sites is 1. The number of thiazole rings is 1. The molecule has 25 heavy (non-hydrogen) atoms. The molecule has 2 aromatic rings. The average molecular weight is 357 g/mol. The summed E-state index contributed by atoms with van der Waals surface area (Å²) in [5.74, 6) is 0.105. The third-order valence-corrected chi connectivity index (χ3v) is 6.27. The van der Waals surface area contributed by atoms with Crippen molar-refractivity contribution in [2.45, 2.75) is 30.9 Å². The molecule has 0 bridgehead atoms. The zero-order valence-electron chi connectivity index (χ0n) is 14.4. The Labute approximate surface area is 152 Å². The van der Waals surface area contributed by atoms with E-state index in [-0.39, 0.29) is 11.5 Å². The number of nitrogens with zero attached hydrogens (tertiary/aromatic N) is 3. The van der Waals surface area contributed by atoms with Crippen molar-refractivity contribution in [2.75, 3.05) is 31.6 Å².